The molecule has 0 spiro atoms. The van der Waals surface area contributed by atoms with Crippen LogP contribution in [0.25, 0.3) is 11.1 Å². The Morgan fingerprint density at radius 3 is 1.26 bits per heavy atom. The van der Waals surface area contributed by atoms with Crippen LogP contribution >= 0.6 is 0 Å². The van der Waals surface area contributed by atoms with Crippen molar-refractivity contribution >= 4 is 0 Å². The molecule has 0 bridgehead atoms. The molecule has 164 valence electrons. The van der Waals surface area contributed by atoms with Gasteiger partial charge in [0.15, 0.2) is 0 Å². The van der Waals surface area contributed by atoms with Crippen molar-refractivity contribution in [2.45, 2.75) is 13.1 Å². The minimum atomic E-state index is 0.692. The van der Waals surface area contributed by atoms with E-state index in [1.165, 1.54) is 22.3 Å². The van der Waals surface area contributed by atoms with E-state index in [4.69, 9.17) is 0 Å². The third-order valence-corrected chi connectivity index (χ3v) is 5.92. The van der Waals surface area contributed by atoms with Gasteiger partial charge in [-0.1, -0.05) is 59.0 Å². The van der Waals surface area contributed by atoms with Gasteiger partial charge in [0.1, 0.15) is 0 Å². The number of hydrogen-bond acceptors (Lipinski definition) is 4. The van der Waals surface area contributed by atoms with E-state index in [1.807, 2.05) is 73.1 Å². The van der Waals surface area contributed by atoms with Gasteiger partial charge in [0.2, 0.25) is 0 Å². The molecule has 4 aromatic rings. The second-order valence-corrected chi connectivity index (χ2v) is 8.34. The maximum absolute atomic E-state index is 4.28. The highest BCUT2D eigenvalue weighted by molar-refractivity contribution is 5.64. The molecule has 0 atom stereocenters. The van der Waals surface area contributed by atoms with Crippen LogP contribution in [-0.2, 0) is 13.1 Å². The van der Waals surface area contributed by atoms with Crippen molar-refractivity contribution in [3.8, 4) is 11.1 Å². The summed E-state index contributed by atoms with van der Waals surface area (Å²) in [5.41, 5.74) is 6.54. The maximum atomic E-state index is 4.28. The summed E-state index contributed by atoms with van der Waals surface area (Å²) in [7, 11) is 0. The largest absolute Gasteiger partial charge is 0.248 e. The Morgan fingerprint density at radius 2 is 0.882 bits per heavy atom. The summed E-state index contributed by atoms with van der Waals surface area (Å²) in [5.74, 6) is 2.19. The van der Waals surface area contributed by atoms with E-state index in [0.29, 0.717) is 13.1 Å². The topological polar surface area (TPSA) is 61.4 Å². The van der Waals surface area contributed by atoms with Gasteiger partial charge in [-0.05, 0) is 73.6 Å². The summed E-state index contributed by atoms with van der Waals surface area (Å²) in [5, 5.41) is 17.1. The minimum Gasteiger partial charge on any atom is -0.248 e. The lowest BCUT2D eigenvalue weighted by molar-refractivity contribution is 0.649. The summed E-state index contributed by atoms with van der Waals surface area (Å²) in [6.07, 6.45) is 20.2. The average molecular weight is 443 g/mol. The van der Waals surface area contributed by atoms with Gasteiger partial charge in [0, 0.05) is 24.2 Å². The molecule has 10 radical (unpaired) electrons. The SMILES string of the molecule is [CH]1[CH][CH][C](c2cn(Cc3ccc(-c4ccc(Cn5cc([C]6[CH][CH][CH][CH]6)nn5)cc4)cc3)nn2)[CH]1. The molecule has 0 aliphatic heterocycles. The summed E-state index contributed by atoms with van der Waals surface area (Å²) in [4.78, 5) is 0. The zero-order valence-electron chi connectivity index (χ0n) is 18.5. The Labute approximate surface area is 201 Å². The van der Waals surface area contributed by atoms with Crippen molar-refractivity contribution in [3.05, 3.63) is 147 Å². The quantitative estimate of drug-likeness (QED) is 0.432. The molecule has 6 rings (SSSR count). The van der Waals surface area contributed by atoms with Crippen molar-refractivity contribution in [1.82, 2.24) is 30.0 Å². The second-order valence-electron chi connectivity index (χ2n) is 8.34. The number of benzene rings is 2. The lowest BCUT2D eigenvalue weighted by atomic mass is 10.0. The molecule has 2 aliphatic carbocycles. The van der Waals surface area contributed by atoms with Gasteiger partial charge in [-0.25, -0.2) is 9.36 Å². The normalized spacial score (nSPS) is 17.1. The van der Waals surface area contributed by atoms with Crippen molar-refractivity contribution < 1.29 is 0 Å². The van der Waals surface area contributed by atoms with Crippen LogP contribution in [-0.4, -0.2) is 30.0 Å². The molecule has 34 heavy (non-hydrogen) atoms. The fourth-order valence-electron chi connectivity index (χ4n) is 4.08. The Hall–Kier alpha value is -3.28. The minimum absolute atomic E-state index is 0.692. The Balaban J connectivity index is 1.07. The van der Waals surface area contributed by atoms with Gasteiger partial charge in [-0.3, -0.25) is 0 Å². The van der Waals surface area contributed by atoms with E-state index in [-0.39, 0.29) is 0 Å². The second kappa shape index (κ2) is 9.53. The lowest BCUT2D eigenvalue weighted by Crippen LogP contribution is -2.01. The van der Waals surface area contributed by atoms with Crippen molar-refractivity contribution in [1.29, 1.82) is 0 Å². The highest BCUT2D eigenvalue weighted by Gasteiger charge is 2.22. The summed E-state index contributed by atoms with van der Waals surface area (Å²) in [6, 6.07) is 17.2. The van der Waals surface area contributed by atoms with Gasteiger partial charge in [-0.15, -0.1) is 10.2 Å². The first kappa shape index (κ1) is 21.3. The van der Waals surface area contributed by atoms with Crippen molar-refractivity contribution in [3.63, 3.8) is 0 Å². The van der Waals surface area contributed by atoms with E-state index in [0.717, 1.165) is 23.2 Å². The molecule has 0 unspecified atom stereocenters. The molecule has 2 saturated carbocycles. The number of rotatable bonds is 7. The smallest absolute Gasteiger partial charge is 0.0904 e. The zero-order valence-corrected chi connectivity index (χ0v) is 18.5. The van der Waals surface area contributed by atoms with Crippen LogP contribution in [0.2, 0.25) is 0 Å². The molecule has 2 fully saturated rings. The van der Waals surface area contributed by atoms with Crippen molar-refractivity contribution in [2.24, 2.45) is 0 Å². The Bertz CT molecular complexity index is 1110. The molecule has 2 aromatic carbocycles. The van der Waals surface area contributed by atoms with Crippen LogP contribution in [0.5, 0.6) is 0 Å². The first-order valence-electron chi connectivity index (χ1n) is 11.2. The summed E-state index contributed by atoms with van der Waals surface area (Å²) < 4.78 is 3.75. The molecular formula is C28H22N6. The van der Waals surface area contributed by atoms with Gasteiger partial charge in [0.25, 0.3) is 0 Å². The van der Waals surface area contributed by atoms with Gasteiger partial charge in [0.05, 0.1) is 24.5 Å². The van der Waals surface area contributed by atoms with E-state index in [2.05, 4.69) is 69.2 Å². The van der Waals surface area contributed by atoms with Crippen LogP contribution in [0, 0.1) is 63.2 Å². The summed E-state index contributed by atoms with van der Waals surface area (Å²) >= 11 is 0. The third-order valence-electron chi connectivity index (χ3n) is 5.92. The van der Waals surface area contributed by atoms with E-state index < -0.39 is 0 Å². The number of hydrogen-bond donors (Lipinski definition) is 0. The zero-order chi connectivity index (χ0) is 22.7. The highest BCUT2D eigenvalue weighted by atomic mass is 15.4. The molecule has 0 amide bonds. The molecule has 6 heteroatoms. The predicted octanol–water partition coefficient (Wildman–Crippen LogP) is 4.14. The van der Waals surface area contributed by atoms with E-state index >= 15 is 0 Å². The van der Waals surface area contributed by atoms with Crippen LogP contribution in [0.1, 0.15) is 22.5 Å². The first-order valence-corrected chi connectivity index (χ1v) is 11.2. The fourth-order valence-corrected chi connectivity index (χ4v) is 4.08. The fraction of sp³-hybridized carbons (Fsp3) is 0.0714. The van der Waals surface area contributed by atoms with Crippen LogP contribution in [0.15, 0.2) is 60.9 Å². The standard InChI is InChI=1S/C28H22N6/c1-2-6-25(5-1)27-19-33(31-29-27)17-21-9-13-23(14-10-21)24-15-11-22(12-16-24)18-34-20-28(30-32-34)26-7-3-4-8-26/h1-16,19-20H,17-18H2. The Kier molecular flexibility index (Phi) is 5.96. The predicted molar refractivity (Wildman–Crippen MR) is 129 cm³/mol. The molecule has 2 aromatic heterocycles. The summed E-state index contributed by atoms with van der Waals surface area (Å²) in [6.45, 7) is 1.38. The third kappa shape index (κ3) is 4.67. The monoisotopic (exact) mass is 442 g/mol. The van der Waals surface area contributed by atoms with Gasteiger partial charge in [-0.2, -0.15) is 0 Å². The van der Waals surface area contributed by atoms with E-state index in [1.54, 1.807) is 0 Å². The van der Waals surface area contributed by atoms with E-state index in [9.17, 15) is 0 Å². The first-order chi connectivity index (χ1) is 16.8. The van der Waals surface area contributed by atoms with Gasteiger partial charge < -0.3 is 0 Å². The van der Waals surface area contributed by atoms with Crippen LogP contribution in [0.4, 0.5) is 0 Å². The number of aromatic nitrogens is 6. The number of nitrogens with zero attached hydrogens (tertiary/aromatic N) is 6. The molecular weight excluding hydrogens is 420 g/mol. The lowest BCUT2D eigenvalue weighted by Gasteiger charge is -2.07. The maximum Gasteiger partial charge on any atom is 0.0904 e. The average Bonchev–Trinajstić information content (AvgIpc) is 3.68. The van der Waals surface area contributed by atoms with Gasteiger partial charge >= 0.3 is 0 Å². The molecule has 2 aliphatic rings. The van der Waals surface area contributed by atoms with Crippen molar-refractivity contribution in [2.75, 3.05) is 0 Å². The van der Waals surface area contributed by atoms with Crippen LogP contribution in [0.3, 0.4) is 0 Å². The molecule has 0 N–H and O–H groups in total. The molecule has 6 nitrogen and oxygen atoms in total. The highest BCUT2D eigenvalue weighted by Crippen LogP contribution is 2.29. The Morgan fingerprint density at radius 1 is 0.500 bits per heavy atom. The molecule has 2 heterocycles. The molecule has 0 saturated heterocycles. The van der Waals surface area contributed by atoms with Crippen LogP contribution < -0.4 is 0 Å².